The van der Waals surface area contributed by atoms with Crippen molar-refractivity contribution >= 4 is 0 Å². The summed E-state index contributed by atoms with van der Waals surface area (Å²) in [4.78, 5) is 0. The minimum Gasteiger partial charge on any atom is -0.381 e. The maximum atomic E-state index is 5.75. The molecule has 1 nitrogen and oxygen atoms in total. The first kappa shape index (κ1) is 22.6. The van der Waals surface area contributed by atoms with E-state index in [-0.39, 0.29) is 0 Å². The first-order chi connectivity index (χ1) is 14.2. The van der Waals surface area contributed by atoms with Crippen molar-refractivity contribution in [2.24, 2.45) is 52.3 Å². The van der Waals surface area contributed by atoms with Crippen LogP contribution in [0, 0.1) is 52.3 Å². The highest BCUT2D eigenvalue weighted by Crippen LogP contribution is 2.67. The van der Waals surface area contributed by atoms with E-state index in [2.05, 4.69) is 59.8 Å². The van der Waals surface area contributed by atoms with Crippen molar-refractivity contribution in [2.75, 3.05) is 7.11 Å². The zero-order valence-electron chi connectivity index (χ0n) is 20.9. The summed E-state index contributed by atoms with van der Waals surface area (Å²) in [5.74, 6) is 5.81. The SMILES string of the molecule is CO[C@H]1CC[C@@]2(C)C(=CCC3C2CC[C@@]2(C)C3CC[C@@H]2[C@H](C)/C=C/[C@H](C)C(C)C)C1. The highest BCUT2D eigenvalue weighted by Gasteiger charge is 2.59. The van der Waals surface area contributed by atoms with Gasteiger partial charge in [0.15, 0.2) is 0 Å². The Labute approximate surface area is 187 Å². The Balaban J connectivity index is 1.52. The van der Waals surface area contributed by atoms with Crippen molar-refractivity contribution in [3.05, 3.63) is 23.8 Å². The lowest BCUT2D eigenvalue weighted by atomic mass is 9.47. The number of hydrogen-bond donors (Lipinski definition) is 0. The van der Waals surface area contributed by atoms with Crippen LogP contribution in [0.1, 0.15) is 92.9 Å². The molecule has 0 aliphatic heterocycles. The maximum Gasteiger partial charge on any atom is 0.0608 e. The van der Waals surface area contributed by atoms with Gasteiger partial charge in [0.1, 0.15) is 0 Å². The Bertz CT molecular complexity index is 674. The van der Waals surface area contributed by atoms with E-state index in [4.69, 9.17) is 4.74 Å². The molecular formula is C29H48O. The molecule has 1 heteroatoms. The molecule has 3 fully saturated rings. The molecule has 4 aliphatic carbocycles. The molecule has 30 heavy (non-hydrogen) atoms. The van der Waals surface area contributed by atoms with Crippen molar-refractivity contribution < 1.29 is 4.74 Å². The summed E-state index contributed by atoms with van der Waals surface area (Å²) in [6, 6.07) is 0. The van der Waals surface area contributed by atoms with E-state index < -0.39 is 0 Å². The van der Waals surface area contributed by atoms with Crippen LogP contribution < -0.4 is 0 Å². The second kappa shape index (κ2) is 8.42. The molecule has 3 saturated carbocycles. The molecule has 0 bridgehead atoms. The van der Waals surface area contributed by atoms with Gasteiger partial charge in [0.2, 0.25) is 0 Å². The maximum absolute atomic E-state index is 5.75. The van der Waals surface area contributed by atoms with E-state index in [0.29, 0.717) is 22.9 Å². The number of hydrogen-bond acceptors (Lipinski definition) is 1. The fourth-order valence-corrected chi connectivity index (χ4v) is 8.44. The molecule has 0 amide bonds. The third kappa shape index (κ3) is 3.66. The summed E-state index contributed by atoms with van der Waals surface area (Å²) in [7, 11) is 1.90. The van der Waals surface area contributed by atoms with Crippen LogP contribution in [-0.4, -0.2) is 13.2 Å². The molecule has 3 unspecified atom stereocenters. The molecule has 0 aromatic rings. The Morgan fingerprint density at radius 2 is 1.73 bits per heavy atom. The molecule has 0 heterocycles. The lowest BCUT2D eigenvalue weighted by Gasteiger charge is -2.58. The summed E-state index contributed by atoms with van der Waals surface area (Å²) >= 11 is 0. The van der Waals surface area contributed by atoms with E-state index >= 15 is 0 Å². The summed E-state index contributed by atoms with van der Waals surface area (Å²) in [6.07, 6.45) is 19.2. The van der Waals surface area contributed by atoms with Crippen molar-refractivity contribution in [1.82, 2.24) is 0 Å². The smallest absolute Gasteiger partial charge is 0.0608 e. The Kier molecular flexibility index (Phi) is 6.35. The van der Waals surface area contributed by atoms with Gasteiger partial charge < -0.3 is 4.74 Å². The van der Waals surface area contributed by atoms with Gasteiger partial charge in [-0.1, -0.05) is 65.3 Å². The first-order valence-corrected chi connectivity index (χ1v) is 13.1. The number of methoxy groups -OCH3 is 1. The number of fused-ring (bicyclic) bond motifs is 5. The van der Waals surface area contributed by atoms with Crippen LogP contribution in [-0.2, 0) is 4.74 Å². The molecule has 9 atom stereocenters. The Morgan fingerprint density at radius 3 is 2.43 bits per heavy atom. The van der Waals surface area contributed by atoms with Crippen molar-refractivity contribution in [3.8, 4) is 0 Å². The quantitative estimate of drug-likeness (QED) is 0.415. The zero-order chi connectivity index (χ0) is 21.7. The molecule has 4 rings (SSSR count). The fraction of sp³-hybridized carbons (Fsp3) is 0.862. The summed E-state index contributed by atoms with van der Waals surface area (Å²) < 4.78 is 5.75. The molecule has 0 radical (unpaired) electrons. The molecule has 0 aromatic carbocycles. The molecule has 0 spiro atoms. The van der Waals surface area contributed by atoms with Gasteiger partial charge in [0.25, 0.3) is 0 Å². The van der Waals surface area contributed by atoms with Crippen LogP contribution >= 0.6 is 0 Å². The van der Waals surface area contributed by atoms with E-state index in [1.165, 1.54) is 51.4 Å². The number of rotatable bonds is 5. The monoisotopic (exact) mass is 412 g/mol. The standard InChI is InChI=1S/C29H48O/c1-19(2)20(3)8-9-21(4)25-12-13-26-24-11-10-22-18-23(30-7)14-16-28(22,5)27(24)15-17-29(25,26)6/h8-10,19-21,23-27H,11-18H2,1-7H3/b9-8+/t20-,21+,23-,24?,25+,26?,27?,28-,29+/m0/s1. The highest BCUT2D eigenvalue weighted by atomic mass is 16.5. The molecular weight excluding hydrogens is 364 g/mol. The van der Waals surface area contributed by atoms with Gasteiger partial charge in [0, 0.05) is 7.11 Å². The first-order valence-electron chi connectivity index (χ1n) is 13.1. The minimum atomic E-state index is 0.454. The lowest BCUT2D eigenvalue weighted by Crippen LogP contribution is -2.50. The van der Waals surface area contributed by atoms with Crippen LogP contribution in [0.15, 0.2) is 23.8 Å². The second-order valence-corrected chi connectivity index (χ2v) is 12.4. The van der Waals surface area contributed by atoms with Crippen LogP contribution in [0.4, 0.5) is 0 Å². The summed E-state index contributed by atoms with van der Waals surface area (Å²) in [6.45, 7) is 14.9. The Morgan fingerprint density at radius 1 is 0.967 bits per heavy atom. The van der Waals surface area contributed by atoms with Crippen LogP contribution in [0.3, 0.4) is 0 Å². The fourth-order valence-electron chi connectivity index (χ4n) is 8.44. The number of ether oxygens (including phenoxy) is 1. The molecule has 4 aliphatic rings. The van der Waals surface area contributed by atoms with Crippen molar-refractivity contribution in [1.29, 1.82) is 0 Å². The topological polar surface area (TPSA) is 9.23 Å². The van der Waals surface area contributed by atoms with Crippen molar-refractivity contribution in [3.63, 3.8) is 0 Å². The van der Waals surface area contributed by atoms with Gasteiger partial charge in [-0.05, 0) is 104 Å². The van der Waals surface area contributed by atoms with Gasteiger partial charge >= 0.3 is 0 Å². The molecule has 0 aromatic heterocycles. The van der Waals surface area contributed by atoms with Crippen LogP contribution in [0.2, 0.25) is 0 Å². The normalized spacial score (nSPS) is 45.6. The molecule has 0 saturated heterocycles. The predicted octanol–water partition coefficient (Wildman–Crippen LogP) is 8.06. The highest BCUT2D eigenvalue weighted by molar-refractivity contribution is 5.25. The second-order valence-electron chi connectivity index (χ2n) is 12.4. The van der Waals surface area contributed by atoms with E-state index in [0.717, 1.165) is 35.5 Å². The summed E-state index contributed by atoms with van der Waals surface area (Å²) in [5, 5.41) is 0. The predicted molar refractivity (Wildman–Crippen MR) is 128 cm³/mol. The van der Waals surface area contributed by atoms with Gasteiger partial charge in [-0.2, -0.15) is 0 Å². The average molecular weight is 413 g/mol. The third-order valence-electron chi connectivity index (χ3n) is 10.9. The van der Waals surface area contributed by atoms with Gasteiger partial charge in [0.05, 0.1) is 6.10 Å². The van der Waals surface area contributed by atoms with Crippen molar-refractivity contribution in [2.45, 2.75) is 99.0 Å². The zero-order valence-corrected chi connectivity index (χ0v) is 20.9. The van der Waals surface area contributed by atoms with Gasteiger partial charge in [-0.15, -0.1) is 0 Å². The van der Waals surface area contributed by atoms with E-state index in [1.807, 2.05) is 7.11 Å². The van der Waals surface area contributed by atoms with E-state index in [9.17, 15) is 0 Å². The third-order valence-corrected chi connectivity index (χ3v) is 10.9. The summed E-state index contributed by atoms with van der Waals surface area (Å²) in [5.41, 5.74) is 2.76. The average Bonchev–Trinajstić information content (AvgIpc) is 3.08. The minimum absolute atomic E-state index is 0.454. The van der Waals surface area contributed by atoms with Crippen LogP contribution in [0.5, 0.6) is 0 Å². The Hall–Kier alpha value is -0.560. The van der Waals surface area contributed by atoms with Crippen LogP contribution in [0.25, 0.3) is 0 Å². The molecule has 170 valence electrons. The largest absolute Gasteiger partial charge is 0.381 e. The lowest BCUT2D eigenvalue weighted by molar-refractivity contribution is -0.0572. The van der Waals surface area contributed by atoms with E-state index in [1.54, 1.807) is 5.57 Å². The van der Waals surface area contributed by atoms with Gasteiger partial charge in [-0.3, -0.25) is 0 Å². The number of allylic oxidation sites excluding steroid dienone is 3. The molecule has 0 N–H and O–H groups in total. The van der Waals surface area contributed by atoms with Gasteiger partial charge in [-0.25, -0.2) is 0 Å².